The summed E-state index contributed by atoms with van der Waals surface area (Å²) in [7, 11) is 0. The summed E-state index contributed by atoms with van der Waals surface area (Å²) in [6.07, 6.45) is 1.92. The summed E-state index contributed by atoms with van der Waals surface area (Å²) in [5, 5.41) is 9.44. The van der Waals surface area contributed by atoms with E-state index in [1.807, 2.05) is 24.3 Å². The smallest absolute Gasteiger partial charge is 0.199 e. The molecule has 1 fully saturated rings. The Hall–Kier alpha value is -2.00. The molecule has 0 bridgehead atoms. The molecule has 1 aliphatic rings. The van der Waals surface area contributed by atoms with Crippen molar-refractivity contribution < 1.29 is 14.6 Å². The Morgan fingerprint density at radius 3 is 2.14 bits per heavy atom. The van der Waals surface area contributed by atoms with Crippen LogP contribution >= 0.6 is 0 Å². The summed E-state index contributed by atoms with van der Waals surface area (Å²) < 4.78 is 11.3. The highest BCUT2D eigenvalue weighted by atomic mass is 16.7. The van der Waals surface area contributed by atoms with Gasteiger partial charge in [0.05, 0.1) is 6.61 Å². The average Bonchev–Trinajstić information content (AvgIpc) is 3.01. The topological polar surface area (TPSA) is 38.7 Å². The van der Waals surface area contributed by atoms with Crippen LogP contribution in [0.5, 0.6) is 11.5 Å². The van der Waals surface area contributed by atoms with Gasteiger partial charge in [-0.25, -0.2) is 0 Å². The maximum Gasteiger partial charge on any atom is 0.199 e. The average molecular weight is 298 g/mol. The normalized spacial score (nSPS) is 18.4. The first-order chi connectivity index (χ1) is 10.6. The van der Waals surface area contributed by atoms with Gasteiger partial charge in [0.1, 0.15) is 11.5 Å². The molecule has 0 radical (unpaired) electrons. The van der Waals surface area contributed by atoms with Crippen LogP contribution in [0.4, 0.5) is 0 Å². The van der Waals surface area contributed by atoms with Crippen LogP contribution < -0.4 is 4.74 Å². The van der Waals surface area contributed by atoms with Gasteiger partial charge in [-0.15, -0.1) is 0 Å². The van der Waals surface area contributed by atoms with Gasteiger partial charge in [0.25, 0.3) is 0 Å². The maximum absolute atomic E-state index is 9.44. The highest BCUT2D eigenvalue weighted by molar-refractivity contribution is 5.41. The molecular formula is C19H22O3. The molecular weight excluding hydrogens is 276 g/mol. The van der Waals surface area contributed by atoms with E-state index in [1.54, 1.807) is 12.1 Å². The lowest BCUT2D eigenvalue weighted by molar-refractivity contribution is -0.0390. The van der Waals surface area contributed by atoms with Gasteiger partial charge in [-0.05, 0) is 41.8 Å². The standard InChI is InChI=1S/C19H22O3/c1-19(2,14-5-9-16(20)10-6-14)15-7-11-17(12-8-15)22-18-4-3-13-21-18/h5-12,18,20H,3-4,13H2,1-2H3. The van der Waals surface area contributed by atoms with Crippen molar-refractivity contribution in [2.45, 2.75) is 38.4 Å². The van der Waals surface area contributed by atoms with Gasteiger partial charge in [-0.1, -0.05) is 38.1 Å². The Balaban J connectivity index is 1.77. The van der Waals surface area contributed by atoms with Crippen LogP contribution in [0.15, 0.2) is 48.5 Å². The molecule has 0 aromatic heterocycles. The minimum absolute atomic E-state index is 0.101. The number of hydrogen-bond acceptors (Lipinski definition) is 3. The Kier molecular flexibility index (Phi) is 4.08. The molecule has 2 aromatic rings. The van der Waals surface area contributed by atoms with Gasteiger partial charge in [0.2, 0.25) is 0 Å². The van der Waals surface area contributed by atoms with Gasteiger partial charge >= 0.3 is 0 Å². The fourth-order valence-corrected chi connectivity index (χ4v) is 2.79. The molecule has 22 heavy (non-hydrogen) atoms. The number of hydrogen-bond donors (Lipinski definition) is 1. The largest absolute Gasteiger partial charge is 0.508 e. The van der Waals surface area contributed by atoms with E-state index in [1.165, 1.54) is 5.56 Å². The first-order valence-electron chi connectivity index (χ1n) is 7.74. The molecule has 1 heterocycles. The predicted octanol–water partition coefficient (Wildman–Crippen LogP) is 4.23. The Bertz CT molecular complexity index is 608. The van der Waals surface area contributed by atoms with E-state index >= 15 is 0 Å². The first-order valence-corrected chi connectivity index (χ1v) is 7.74. The Labute approximate surface area is 131 Å². The van der Waals surface area contributed by atoms with E-state index in [4.69, 9.17) is 9.47 Å². The van der Waals surface area contributed by atoms with Crippen LogP contribution in [-0.2, 0) is 10.2 Å². The van der Waals surface area contributed by atoms with Crippen molar-refractivity contribution in [1.82, 2.24) is 0 Å². The van der Waals surface area contributed by atoms with E-state index in [9.17, 15) is 5.11 Å². The van der Waals surface area contributed by atoms with E-state index in [0.717, 1.165) is 30.8 Å². The zero-order valence-corrected chi connectivity index (χ0v) is 13.1. The SMILES string of the molecule is CC(C)(c1ccc(O)cc1)c1ccc(OC2CCCO2)cc1. The lowest BCUT2D eigenvalue weighted by Crippen LogP contribution is -2.19. The quantitative estimate of drug-likeness (QED) is 0.918. The zero-order valence-electron chi connectivity index (χ0n) is 13.1. The van der Waals surface area contributed by atoms with Crippen molar-refractivity contribution >= 4 is 0 Å². The van der Waals surface area contributed by atoms with Crippen molar-refractivity contribution in [3.05, 3.63) is 59.7 Å². The highest BCUT2D eigenvalue weighted by Gasteiger charge is 2.23. The second-order valence-corrected chi connectivity index (χ2v) is 6.26. The zero-order chi connectivity index (χ0) is 15.6. The van der Waals surface area contributed by atoms with Crippen molar-refractivity contribution in [3.8, 4) is 11.5 Å². The molecule has 1 unspecified atom stereocenters. The molecule has 1 N–H and O–H groups in total. The van der Waals surface area contributed by atoms with Crippen LogP contribution in [-0.4, -0.2) is 18.0 Å². The molecule has 1 aliphatic heterocycles. The minimum atomic E-state index is -0.129. The third-order valence-corrected chi connectivity index (χ3v) is 4.32. The first kappa shape index (κ1) is 14.9. The van der Waals surface area contributed by atoms with Gasteiger partial charge in [-0.2, -0.15) is 0 Å². The summed E-state index contributed by atoms with van der Waals surface area (Å²) >= 11 is 0. The molecule has 0 aliphatic carbocycles. The van der Waals surface area contributed by atoms with E-state index in [0.29, 0.717) is 5.75 Å². The van der Waals surface area contributed by atoms with Crippen molar-refractivity contribution in [1.29, 1.82) is 0 Å². The van der Waals surface area contributed by atoms with Crippen molar-refractivity contribution in [2.24, 2.45) is 0 Å². The Morgan fingerprint density at radius 1 is 1.00 bits per heavy atom. The third kappa shape index (κ3) is 3.09. The van der Waals surface area contributed by atoms with Crippen molar-refractivity contribution in [3.63, 3.8) is 0 Å². The number of ether oxygens (including phenoxy) is 2. The van der Waals surface area contributed by atoms with Crippen LogP contribution in [0.25, 0.3) is 0 Å². The van der Waals surface area contributed by atoms with E-state index in [-0.39, 0.29) is 11.7 Å². The number of phenolic OH excluding ortho intramolecular Hbond substituents is 1. The molecule has 3 nitrogen and oxygen atoms in total. The second-order valence-electron chi connectivity index (χ2n) is 6.26. The predicted molar refractivity (Wildman–Crippen MR) is 86.3 cm³/mol. The second kappa shape index (κ2) is 6.01. The maximum atomic E-state index is 9.44. The van der Waals surface area contributed by atoms with Crippen molar-refractivity contribution in [2.75, 3.05) is 6.61 Å². The molecule has 1 saturated heterocycles. The van der Waals surface area contributed by atoms with Crippen LogP contribution in [0, 0.1) is 0 Å². The molecule has 0 amide bonds. The van der Waals surface area contributed by atoms with Gasteiger partial charge in [-0.3, -0.25) is 0 Å². The highest BCUT2D eigenvalue weighted by Crippen LogP contribution is 2.33. The number of rotatable bonds is 4. The van der Waals surface area contributed by atoms with Crippen LogP contribution in [0.3, 0.4) is 0 Å². The van der Waals surface area contributed by atoms with Crippen LogP contribution in [0.1, 0.15) is 37.8 Å². The van der Waals surface area contributed by atoms with Gasteiger partial charge < -0.3 is 14.6 Å². The minimum Gasteiger partial charge on any atom is -0.508 e. The molecule has 0 saturated carbocycles. The van der Waals surface area contributed by atoms with E-state index < -0.39 is 0 Å². The number of phenols is 1. The molecule has 3 heteroatoms. The molecule has 2 aromatic carbocycles. The summed E-state index contributed by atoms with van der Waals surface area (Å²) in [4.78, 5) is 0. The monoisotopic (exact) mass is 298 g/mol. The molecule has 3 rings (SSSR count). The fourth-order valence-electron chi connectivity index (χ4n) is 2.79. The summed E-state index contributed by atoms with van der Waals surface area (Å²) in [6, 6.07) is 15.6. The van der Waals surface area contributed by atoms with Crippen LogP contribution in [0.2, 0.25) is 0 Å². The summed E-state index contributed by atoms with van der Waals surface area (Å²) in [5.41, 5.74) is 2.24. The van der Waals surface area contributed by atoms with E-state index in [2.05, 4.69) is 26.0 Å². The summed E-state index contributed by atoms with van der Waals surface area (Å²) in [5.74, 6) is 1.14. The lowest BCUT2D eigenvalue weighted by Gasteiger charge is -2.26. The van der Waals surface area contributed by atoms with Gasteiger partial charge in [0, 0.05) is 11.8 Å². The van der Waals surface area contributed by atoms with Gasteiger partial charge in [0.15, 0.2) is 6.29 Å². The number of benzene rings is 2. The molecule has 0 spiro atoms. The third-order valence-electron chi connectivity index (χ3n) is 4.32. The Morgan fingerprint density at radius 2 is 1.59 bits per heavy atom. The molecule has 1 atom stereocenters. The molecule has 116 valence electrons. The summed E-state index contributed by atoms with van der Waals surface area (Å²) in [6.45, 7) is 5.14. The fraction of sp³-hybridized carbons (Fsp3) is 0.368. The number of aromatic hydroxyl groups is 1. The lowest BCUT2D eigenvalue weighted by atomic mass is 9.78.